The normalized spacial score (nSPS) is 32.8. The van der Waals surface area contributed by atoms with Crippen molar-refractivity contribution in [3.05, 3.63) is 23.5 Å². The fourth-order valence-electron chi connectivity index (χ4n) is 1.93. The zero-order valence-corrected chi connectivity index (χ0v) is 11.1. The van der Waals surface area contributed by atoms with Crippen LogP contribution in [0.5, 0.6) is 0 Å². The van der Waals surface area contributed by atoms with E-state index in [-0.39, 0.29) is 20.7 Å². The molecule has 1 fully saturated rings. The Bertz CT molecular complexity index is 413. The van der Waals surface area contributed by atoms with Crippen molar-refractivity contribution < 1.29 is 14.6 Å². The Morgan fingerprint density at radius 3 is 3.19 bits per heavy atom. The molecule has 1 saturated heterocycles. The molecule has 16 heavy (non-hydrogen) atoms. The highest BCUT2D eigenvalue weighted by Crippen LogP contribution is 2.40. The third-order valence-corrected chi connectivity index (χ3v) is 4.76. The molecule has 2 heterocycles. The van der Waals surface area contributed by atoms with Crippen molar-refractivity contribution in [2.45, 2.75) is 25.0 Å². The molecule has 5 heteroatoms. The quantitative estimate of drug-likeness (QED) is 0.574. The predicted molar refractivity (Wildman–Crippen MR) is 70.4 cm³/mol. The van der Waals surface area contributed by atoms with Gasteiger partial charge in [0.15, 0.2) is 0 Å². The van der Waals surface area contributed by atoms with Crippen molar-refractivity contribution in [2.24, 2.45) is 5.73 Å². The molecular weight excluding hydrogens is 321 g/mol. The van der Waals surface area contributed by atoms with Gasteiger partial charge in [-0.15, -0.1) is 20.7 Å². The number of hydrogen-bond acceptors (Lipinski definition) is 3. The first-order valence-corrected chi connectivity index (χ1v) is 7.87. The minimum atomic E-state index is -1.28. The van der Waals surface area contributed by atoms with E-state index < -0.39 is 17.6 Å². The lowest BCUT2D eigenvalue weighted by Crippen LogP contribution is -2.50. The van der Waals surface area contributed by atoms with Gasteiger partial charge in [0, 0.05) is 10.0 Å². The van der Waals surface area contributed by atoms with Gasteiger partial charge in [0.25, 0.3) is 5.91 Å². The van der Waals surface area contributed by atoms with Crippen LogP contribution >= 0.6 is 20.7 Å². The first-order chi connectivity index (χ1) is 7.62. The molecule has 2 aliphatic rings. The number of hydrogen-bond donors (Lipinski definition) is 2. The van der Waals surface area contributed by atoms with Crippen LogP contribution in [-0.4, -0.2) is 31.2 Å². The summed E-state index contributed by atoms with van der Waals surface area (Å²) in [5, 5.41) is 10.2. The maximum Gasteiger partial charge on any atom is 0.264 e. The zero-order valence-electron chi connectivity index (χ0n) is 8.94. The van der Waals surface area contributed by atoms with Gasteiger partial charge < -0.3 is 15.6 Å². The van der Waals surface area contributed by atoms with Crippen molar-refractivity contribution in [1.82, 2.24) is 0 Å². The predicted octanol–water partition coefficient (Wildman–Crippen LogP) is 0.608. The Kier molecular flexibility index (Phi) is 3.16. The first kappa shape index (κ1) is 11.8. The summed E-state index contributed by atoms with van der Waals surface area (Å²) in [4.78, 5) is 11.5. The Morgan fingerprint density at radius 2 is 2.56 bits per heavy atom. The largest absolute Gasteiger partial charge is 0.474 e. The van der Waals surface area contributed by atoms with Crippen molar-refractivity contribution >= 4 is 30.6 Å². The number of carbonyl (C=O) groups excluding carboxylic acids is 1. The van der Waals surface area contributed by atoms with Crippen LogP contribution in [-0.2, 0) is 9.53 Å². The van der Waals surface area contributed by atoms with E-state index in [2.05, 4.69) is 4.01 Å². The number of halogens is 1. The number of allylic oxidation sites excluding steroid dienone is 2. The molecule has 2 aliphatic heterocycles. The lowest BCUT2D eigenvalue weighted by Gasteiger charge is -2.26. The Labute approximate surface area is 104 Å². The third kappa shape index (κ3) is 1.62. The molecule has 3 N–H and O–H groups in total. The highest BCUT2D eigenvalue weighted by molar-refractivity contribution is 14.2. The van der Waals surface area contributed by atoms with Crippen LogP contribution in [0.25, 0.3) is 0 Å². The van der Waals surface area contributed by atoms with E-state index in [0.717, 1.165) is 4.43 Å². The number of carbonyl (C=O) groups is 1. The monoisotopic (exact) mass is 335 g/mol. The van der Waals surface area contributed by atoms with Crippen LogP contribution in [0.1, 0.15) is 13.3 Å². The highest BCUT2D eigenvalue weighted by Gasteiger charge is 2.53. The van der Waals surface area contributed by atoms with E-state index in [1.807, 2.05) is 12.2 Å². The molecule has 2 rings (SSSR count). The topological polar surface area (TPSA) is 72.6 Å². The Morgan fingerprint density at radius 1 is 1.81 bits per heavy atom. The average molecular weight is 335 g/mol. The fraction of sp³-hybridized carbons (Fsp3) is 0.455. The Balaban J connectivity index is 2.46. The molecule has 0 spiro atoms. The van der Waals surface area contributed by atoms with Gasteiger partial charge in [-0.05, 0) is 22.6 Å². The van der Waals surface area contributed by atoms with Crippen molar-refractivity contribution in [3.63, 3.8) is 0 Å². The van der Waals surface area contributed by atoms with Gasteiger partial charge in [-0.1, -0.05) is 6.92 Å². The minimum Gasteiger partial charge on any atom is -0.474 e. The van der Waals surface area contributed by atoms with Crippen LogP contribution in [0, 0.1) is 0 Å². The average Bonchev–Trinajstić information content (AvgIpc) is 2.42. The number of amides is 1. The van der Waals surface area contributed by atoms with Crippen LogP contribution < -0.4 is 5.73 Å². The second-order valence-corrected chi connectivity index (χ2v) is 6.22. The van der Waals surface area contributed by atoms with E-state index >= 15 is 0 Å². The van der Waals surface area contributed by atoms with Gasteiger partial charge in [-0.2, -0.15) is 0 Å². The summed E-state index contributed by atoms with van der Waals surface area (Å²) >= 11 is 0.00445. The number of rotatable bonds is 2. The lowest BCUT2D eigenvalue weighted by molar-refractivity contribution is -0.143. The molecule has 88 valence electrons. The first-order valence-electron chi connectivity index (χ1n) is 5.10. The molecule has 0 aromatic rings. The number of aliphatic hydroxyl groups excluding tert-OH is 1. The van der Waals surface area contributed by atoms with Crippen LogP contribution in [0.2, 0.25) is 0 Å². The van der Waals surface area contributed by atoms with E-state index in [1.54, 1.807) is 6.92 Å². The van der Waals surface area contributed by atoms with Gasteiger partial charge >= 0.3 is 0 Å². The number of alkyl halides is 1. The molecule has 0 saturated carbocycles. The number of nitrogens with two attached hydrogens (primary N) is 1. The summed E-state index contributed by atoms with van der Waals surface area (Å²) in [5.41, 5.74) is 4.76. The number of ether oxygens (including phenoxy) is 1. The number of fused-ring (bicyclic) bond motifs is 1. The minimum absolute atomic E-state index is 0.00445. The van der Waals surface area contributed by atoms with E-state index in [1.165, 1.54) is 0 Å². The summed E-state index contributed by atoms with van der Waals surface area (Å²) in [7, 11) is 0. The van der Waals surface area contributed by atoms with Gasteiger partial charge in [-0.3, -0.25) is 4.79 Å². The van der Waals surface area contributed by atoms with Gasteiger partial charge in [0.2, 0.25) is 5.60 Å². The maximum absolute atomic E-state index is 11.5. The standard InChI is InChI=1S/C11H14INO3/c1-2-11(10(13)15)9(14)7-3-5-12-6-4-8(7)16-11/h3-5,9,14H,2,6H2,1H3,(H2,13,15). The number of aliphatic hydroxyl groups is 1. The molecule has 2 atom stereocenters. The fourth-order valence-corrected chi connectivity index (χ4v) is 3.52. The summed E-state index contributed by atoms with van der Waals surface area (Å²) in [5.74, 6) is 0.0219. The van der Waals surface area contributed by atoms with Crippen molar-refractivity contribution in [1.29, 1.82) is 0 Å². The molecule has 0 radical (unpaired) electrons. The molecule has 0 aromatic carbocycles. The van der Waals surface area contributed by atoms with Gasteiger partial charge in [0.1, 0.15) is 11.9 Å². The van der Waals surface area contributed by atoms with Gasteiger partial charge in [-0.25, -0.2) is 0 Å². The maximum atomic E-state index is 11.5. The summed E-state index contributed by atoms with van der Waals surface area (Å²) in [6.45, 7) is 1.79. The summed E-state index contributed by atoms with van der Waals surface area (Å²) in [6.07, 6.45) is 3.25. The molecule has 0 aromatic heterocycles. The summed E-state index contributed by atoms with van der Waals surface area (Å²) in [6, 6.07) is 0. The molecule has 0 aliphatic carbocycles. The molecule has 0 bridgehead atoms. The molecule has 1 amide bonds. The second-order valence-electron chi connectivity index (χ2n) is 3.74. The highest BCUT2D eigenvalue weighted by atomic mass is 127. The lowest BCUT2D eigenvalue weighted by atomic mass is 9.90. The van der Waals surface area contributed by atoms with E-state index in [9.17, 15) is 9.90 Å². The summed E-state index contributed by atoms with van der Waals surface area (Å²) < 4.78 is 8.66. The van der Waals surface area contributed by atoms with Crippen molar-refractivity contribution in [2.75, 3.05) is 4.43 Å². The zero-order chi connectivity index (χ0) is 11.8. The third-order valence-electron chi connectivity index (χ3n) is 2.94. The van der Waals surface area contributed by atoms with Crippen LogP contribution in [0.4, 0.5) is 0 Å². The molecule has 4 nitrogen and oxygen atoms in total. The van der Waals surface area contributed by atoms with Crippen LogP contribution in [0.3, 0.4) is 0 Å². The van der Waals surface area contributed by atoms with E-state index in [4.69, 9.17) is 10.5 Å². The van der Waals surface area contributed by atoms with Gasteiger partial charge in [0.05, 0.1) is 0 Å². The smallest absolute Gasteiger partial charge is 0.264 e. The van der Waals surface area contributed by atoms with E-state index in [0.29, 0.717) is 17.8 Å². The second kappa shape index (κ2) is 4.29. The Hall–Kier alpha value is -0.690. The van der Waals surface area contributed by atoms with Crippen LogP contribution in [0.15, 0.2) is 23.5 Å². The SMILES string of the molecule is CCC1(C(N)=O)OC2=CCI=CC=C2C1O. The molecular formula is C11H14INO3. The van der Waals surface area contributed by atoms with Crippen molar-refractivity contribution in [3.8, 4) is 0 Å². The number of primary amides is 1. The molecule has 2 unspecified atom stereocenters.